The molecule has 3 aromatic rings. The van der Waals surface area contributed by atoms with E-state index in [1.54, 1.807) is 12.1 Å². The van der Waals surface area contributed by atoms with E-state index in [9.17, 15) is 8.42 Å². The van der Waals surface area contributed by atoms with Crippen LogP contribution in [0, 0.1) is 20.8 Å². The Kier molecular flexibility index (Phi) is 5.99. The molecule has 0 amide bonds. The van der Waals surface area contributed by atoms with E-state index < -0.39 is 10.0 Å². The highest BCUT2D eigenvalue weighted by atomic mass is 32.2. The van der Waals surface area contributed by atoms with Crippen molar-refractivity contribution in [2.45, 2.75) is 27.2 Å². The summed E-state index contributed by atoms with van der Waals surface area (Å²) >= 11 is 0. The fraction of sp³-hybridized carbons (Fsp3) is 0.227. The zero-order chi connectivity index (χ0) is 20.1. The third kappa shape index (κ3) is 5.33. The van der Waals surface area contributed by atoms with E-state index in [1.807, 2.05) is 30.3 Å². The molecular formula is C22H25N3O2S. The van der Waals surface area contributed by atoms with E-state index in [2.05, 4.69) is 47.9 Å². The highest BCUT2D eigenvalue weighted by Gasteiger charge is 2.11. The standard InChI is InChI=1S/C22H25N3O2S/c1-16-13-17(2)22(18(3)14-16)24-21-10-9-20(15-23-21)25-28(26,27)12-11-19-7-5-4-6-8-19/h4-10,13-15,25H,11-12H2,1-3H3,(H,23,24). The number of sulfonamides is 1. The molecule has 5 nitrogen and oxygen atoms in total. The van der Waals surface area contributed by atoms with Gasteiger partial charge in [-0.2, -0.15) is 0 Å². The van der Waals surface area contributed by atoms with Crippen LogP contribution in [0.5, 0.6) is 0 Å². The van der Waals surface area contributed by atoms with Gasteiger partial charge in [0.05, 0.1) is 17.6 Å². The first kappa shape index (κ1) is 19.9. The Bertz CT molecular complexity index is 1020. The van der Waals surface area contributed by atoms with Crippen LogP contribution in [0.25, 0.3) is 0 Å². The van der Waals surface area contributed by atoms with Gasteiger partial charge in [-0.25, -0.2) is 13.4 Å². The number of rotatable bonds is 7. The molecule has 0 radical (unpaired) electrons. The van der Waals surface area contributed by atoms with Gasteiger partial charge in [-0.05, 0) is 56.0 Å². The molecule has 0 aliphatic carbocycles. The van der Waals surface area contributed by atoms with Crippen molar-refractivity contribution in [3.63, 3.8) is 0 Å². The number of aryl methyl sites for hydroxylation is 4. The molecule has 0 atom stereocenters. The second kappa shape index (κ2) is 8.44. The average molecular weight is 396 g/mol. The molecule has 0 spiro atoms. The second-order valence-electron chi connectivity index (χ2n) is 6.99. The lowest BCUT2D eigenvalue weighted by Crippen LogP contribution is -2.18. The molecule has 0 saturated carbocycles. The molecule has 3 rings (SSSR count). The summed E-state index contributed by atoms with van der Waals surface area (Å²) in [5.74, 6) is 0.695. The number of hydrogen-bond donors (Lipinski definition) is 2. The minimum Gasteiger partial charge on any atom is -0.340 e. The maximum Gasteiger partial charge on any atom is 0.233 e. The molecule has 1 aromatic heterocycles. The first-order valence-corrected chi connectivity index (χ1v) is 10.8. The molecule has 28 heavy (non-hydrogen) atoms. The van der Waals surface area contributed by atoms with Crippen LogP contribution in [0.15, 0.2) is 60.8 Å². The molecular weight excluding hydrogens is 370 g/mol. The van der Waals surface area contributed by atoms with Gasteiger partial charge in [-0.1, -0.05) is 48.0 Å². The van der Waals surface area contributed by atoms with Crippen LogP contribution >= 0.6 is 0 Å². The largest absolute Gasteiger partial charge is 0.340 e. The van der Waals surface area contributed by atoms with Crippen molar-refractivity contribution in [1.82, 2.24) is 4.98 Å². The molecule has 6 heteroatoms. The lowest BCUT2D eigenvalue weighted by Gasteiger charge is -2.14. The molecule has 146 valence electrons. The summed E-state index contributed by atoms with van der Waals surface area (Å²) in [6.07, 6.45) is 2.00. The summed E-state index contributed by atoms with van der Waals surface area (Å²) in [5.41, 5.74) is 5.98. The van der Waals surface area contributed by atoms with Crippen LogP contribution in [0.3, 0.4) is 0 Å². The lowest BCUT2D eigenvalue weighted by atomic mass is 10.1. The second-order valence-corrected chi connectivity index (χ2v) is 8.83. The number of nitrogens with zero attached hydrogens (tertiary/aromatic N) is 1. The van der Waals surface area contributed by atoms with Gasteiger partial charge in [-0.15, -0.1) is 0 Å². The van der Waals surface area contributed by atoms with E-state index >= 15 is 0 Å². The first-order chi connectivity index (χ1) is 13.3. The van der Waals surface area contributed by atoms with Gasteiger partial charge >= 0.3 is 0 Å². The van der Waals surface area contributed by atoms with Crippen molar-refractivity contribution >= 4 is 27.2 Å². The SMILES string of the molecule is Cc1cc(C)c(Nc2ccc(NS(=O)(=O)CCc3ccccc3)cn2)c(C)c1. The Hall–Kier alpha value is -2.86. The van der Waals surface area contributed by atoms with Crippen LogP contribution in [-0.2, 0) is 16.4 Å². The molecule has 0 unspecified atom stereocenters. The van der Waals surface area contributed by atoms with Crippen molar-refractivity contribution in [3.8, 4) is 0 Å². The van der Waals surface area contributed by atoms with Crippen molar-refractivity contribution < 1.29 is 8.42 Å². The number of aromatic nitrogens is 1. The summed E-state index contributed by atoms with van der Waals surface area (Å²) in [6, 6.07) is 17.3. The van der Waals surface area contributed by atoms with Crippen molar-refractivity contribution in [3.05, 3.63) is 83.0 Å². The Morgan fingerprint density at radius 1 is 0.929 bits per heavy atom. The van der Waals surface area contributed by atoms with Crippen molar-refractivity contribution in [2.24, 2.45) is 0 Å². The van der Waals surface area contributed by atoms with E-state index in [0.717, 1.165) is 22.4 Å². The maximum atomic E-state index is 12.3. The van der Waals surface area contributed by atoms with Crippen LogP contribution in [-0.4, -0.2) is 19.2 Å². The highest BCUT2D eigenvalue weighted by molar-refractivity contribution is 7.92. The van der Waals surface area contributed by atoms with Gasteiger partial charge in [0.1, 0.15) is 5.82 Å². The third-order valence-electron chi connectivity index (χ3n) is 4.47. The van der Waals surface area contributed by atoms with Gasteiger partial charge in [0, 0.05) is 5.69 Å². The molecule has 0 bridgehead atoms. The normalized spacial score (nSPS) is 11.2. The maximum absolute atomic E-state index is 12.3. The van der Waals surface area contributed by atoms with Crippen molar-refractivity contribution in [1.29, 1.82) is 0 Å². The zero-order valence-electron chi connectivity index (χ0n) is 16.4. The van der Waals surface area contributed by atoms with Crippen LogP contribution < -0.4 is 10.0 Å². The number of nitrogens with one attached hydrogen (secondary N) is 2. The van der Waals surface area contributed by atoms with E-state index in [4.69, 9.17) is 0 Å². The summed E-state index contributed by atoms with van der Waals surface area (Å²) in [5, 5.41) is 3.32. The Balaban J connectivity index is 1.64. The number of benzene rings is 2. The monoisotopic (exact) mass is 395 g/mol. The zero-order valence-corrected chi connectivity index (χ0v) is 17.2. The number of anilines is 3. The molecule has 2 N–H and O–H groups in total. The predicted molar refractivity (Wildman–Crippen MR) is 116 cm³/mol. The highest BCUT2D eigenvalue weighted by Crippen LogP contribution is 2.25. The lowest BCUT2D eigenvalue weighted by molar-refractivity contribution is 0.600. The molecule has 0 aliphatic rings. The summed E-state index contributed by atoms with van der Waals surface area (Å²) in [6.45, 7) is 6.18. The average Bonchev–Trinajstić information content (AvgIpc) is 2.65. The minimum absolute atomic E-state index is 0.0266. The summed E-state index contributed by atoms with van der Waals surface area (Å²) in [4.78, 5) is 4.34. The number of pyridine rings is 1. The van der Waals surface area contributed by atoms with Crippen LogP contribution in [0.4, 0.5) is 17.2 Å². The van der Waals surface area contributed by atoms with Gasteiger partial charge < -0.3 is 5.32 Å². The third-order valence-corrected chi connectivity index (χ3v) is 5.76. The Labute approximate surface area is 166 Å². The van der Waals surface area contributed by atoms with Crippen LogP contribution in [0.2, 0.25) is 0 Å². The van der Waals surface area contributed by atoms with E-state index in [0.29, 0.717) is 17.9 Å². The topological polar surface area (TPSA) is 71.1 Å². The van der Waals surface area contributed by atoms with Crippen LogP contribution in [0.1, 0.15) is 22.3 Å². The molecule has 0 saturated heterocycles. The number of hydrogen-bond acceptors (Lipinski definition) is 4. The summed E-state index contributed by atoms with van der Waals surface area (Å²) in [7, 11) is -3.43. The molecule has 0 aliphatic heterocycles. The fourth-order valence-electron chi connectivity index (χ4n) is 3.16. The van der Waals surface area contributed by atoms with E-state index in [-0.39, 0.29) is 5.75 Å². The Morgan fingerprint density at radius 3 is 2.21 bits per heavy atom. The van der Waals surface area contributed by atoms with E-state index in [1.165, 1.54) is 11.8 Å². The fourth-order valence-corrected chi connectivity index (χ4v) is 4.25. The predicted octanol–water partition coefficient (Wildman–Crippen LogP) is 4.73. The summed E-state index contributed by atoms with van der Waals surface area (Å²) < 4.78 is 27.2. The smallest absolute Gasteiger partial charge is 0.233 e. The van der Waals surface area contributed by atoms with Gasteiger partial charge in [0.15, 0.2) is 0 Å². The van der Waals surface area contributed by atoms with Gasteiger partial charge in [-0.3, -0.25) is 4.72 Å². The molecule has 0 fully saturated rings. The minimum atomic E-state index is -3.43. The van der Waals surface area contributed by atoms with Crippen molar-refractivity contribution in [2.75, 3.05) is 15.8 Å². The quantitative estimate of drug-likeness (QED) is 0.606. The van der Waals surface area contributed by atoms with Gasteiger partial charge in [0.2, 0.25) is 10.0 Å². The van der Waals surface area contributed by atoms with Gasteiger partial charge in [0.25, 0.3) is 0 Å². The Morgan fingerprint density at radius 2 is 1.61 bits per heavy atom. The molecule has 2 aromatic carbocycles. The first-order valence-electron chi connectivity index (χ1n) is 9.18. The molecule has 1 heterocycles.